The molecule has 0 saturated carbocycles. The maximum atomic E-state index is 12.1. The first-order valence-corrected chi connectivity index (χ1v) is 8.12. The van der Waals surface area contributed by atoms with Gasteiger partial charge in [-0.05, 0) is 42.0 Å². The van der Waals surface area contributed by atoms with Crippen molar-refractivity contribution in [1.29, 1.82) is 0 Å². The molecule has 6 heteroatoms. The van der Waals surface area contributed by atoms with Crippen LogP contribution in [-0.4, -0.2) is 26.2 Å². The number of hydrogen-bond acceptors (Lipinski definition) is 4. The minimum atomic E-state index is -0.386. The van der Waals surface area contributed by atoms with Gasteiger partial charge in [-0.3, -0.25) is 4.79 Å². The maximum Gasteiger partial charge on any atom is 0.307 e. The number of hydrazone groups is 1. The molecule has 1 amide bonds. The van der Waals surface area contributed by atoms with Crippen molar-refractivity contribution in [2.75, 3.05) is 19.0 Å². The van der Waals surface area contributed by atoms with Crippen LogP contribution < -0.4 is 10.3 Å². The molecule has 0 aliphatic rings. The molecule has 0 aliphatic heterocycles. The molecule has 24 heavy (non-hydrogen) atoms. The van der Waals surface area contributed by atoms with Crippen LogP contribution in [0.3, 0.4) is 0 Å². The van der Waals surface area contributed by atoms with E-state index in [0.29, 0.717) is 5.58 Å². The van der Waals surface area contributed by atoms with Crippen molar-refractivity contribution in [2.24, 2.45) is 5.10 Å². The van der Waals surface area contributed by atoms with E-state index in [9.17, 15) is 4.79 Å². The number of anilines is 1. The van der Waals surface area contributed by atoms with Crippen LogP contribution in [-0.2, 0) is 0 Å². The van der Waals surface area contributed by atoms with Crippen molar-refractivity contribution in [1.82, 2.24) is 5.43 Å². The SMILES string of the molecule is CN(C)c1ccc(/C=N\NC(=O)c2cc3cc(Br)ccc3o2)cc1. The van der Waals surface area contributed by atoms with Crippen LogP contribution in [0, 0.1) is 0 Å². The molecule has 2 aromatic carbocycles. The number of nitrogens with zero attached hydrogens (tertiary/aromatic N) is 2. The molecule has 0 radical (unpaired) electrons. The van der Waals surface area contributed by atoms with Crippen LogP contribution in [0.5, 0.6) is 0 Å². The Kier molecular flexibility index (Phi) is 4.66. The van der Waals surface area contributed by atoms with Gasteiger partial charge < -0.3 is 9.32 Å². The Bertz CT molecular complexity index is 898. The van der Waals surface area contributed by atoms with Gasteiger partial charge in [0, 0.05) is 29.6 Å². The lowest BCUT2D eigenvalue weighted by atomic mass is 10.2. The number of rotatable bonds is 4. The molecule has 122 valence electrons. The smallest absolute Gasteiger partial charge is 0.307 e. The third kappa shape index (κ3) is 3.65. The molecule has 0 bridgehead atoms. The van der Waals surface area contributed by atoms with E-state index in [1.807, 2.05) is 61.5 Å². The monoisotopic (exact) mass is 385 g/mol. The van der Waals surface area contributed by atoms with E-state index in [0.717, 1.165) is 21.1 Å². The number of halogens is 1. The second-order valence-corrected chi connectivity index (χ2v) is 6.39. The van der Waals surface area contributed by atoms with E-state index in [1.54, 1.807) is 12.3 Å². The Morgan fingerprint density at radius 2 is 1.92 bits per heavy atom. The molecule has 0 fully saturated rings. The summed E-state index contributed by atoms with van der Waals surface area (Å²) in [5.74, 6) is -0.160. The van der Waals surface area contributed by atoms with Crippen molar-refractivity contribution < 1.29 is 9.21 Å². The highest BCUT2D eigenvalue weighted by atomic mass is 79.9. The zero-order valence-corrected chi connectivity index (χ0v) is 14.9. The minimum absolute atomic E-state index is 0.225. The number of carbonyl (C=O) groups is 1. The van der Waals surface area contributed by atoms with Gasteiger partial charge in [-0.1, -0.05) is 28.1 Å². The fraction of sp³-hybridized carbons (Fsp3) is 0.111. The number of hydrogen-bond donors (Lipinski definition) is 1. The zero-order chi connectivity index (χ0) is 17.1. The van der Waals surface area contributed by atoms with E-state index < -0.39 is 0 Å². The molecule has 1 aromatic heterocycles. The normalized spacial score (nSPS) is 11.1. The zero-order valence-electron chi connectivity index (χ0n) is 13.3. The highest BCUT2D eigenvalue weighted by Gasteiger charge is 2.11. The maximum absolute atomic E-state index is 12.1. The lowest BCUT2D eigenvalue weighted by Gasteiger charge is -2.11. The molecule has 0 spiro atoms. The van der Waals surface area contributed by atoms with Gasteiger partial charge in [0.05, 0.1) is 6.21 Å². The van der Waals surface area contributed by atoms with Crippen LogP contribution in [0.2, 0.25) is 0 Å². The van der Waals surface area contributed by atoms with Gasteiger partial charge in [-0.25, -0.2) is 5.43 Å². The van der Waals surface area contributed by atoms with Gasteiger partial charge in [0.15, 0.2) is 5.76 Å². The summed E-state index contributed by atoms with van der Waals surface area (Å²) in [5, 5.41) is 4.83. The summed E-state index contributed by atoms with van der Waals surface area (Å²) in [6, 6.07) is 15.1. The first-order valence-electron chi connectivity index (χ1n) is 7.33. The van der Waals surface area contributed by atoms with Crippen molar-refractivity contribution in [3.63, 3.8) is 0 Å². The van der Waals surface area contributed by atoms with Gasteiger partial charge in [0.25, 0.3) is 0 Å². The average molecular weight is 386 g/mol. The first-order chi connectivity index (χ1) is 11.5. The Morgan fingerprint density at radius 1 is 1.17 bits per heavy atom. The number of benzene rings is 2. The molecule has 5 nitrogen and oxygen atoms in total. The summed E-state index contributed by atoms with van der Waals surface area (Å²) >= 11 is 3.39. The molecule has 0 atom stereocenters. The number of furan rings is 1. The number of nitrogens with one attached hydrogen (secondary N) is 1. The van der Waals surface area contributed by atoms with Crippen LogP contribution in [0.4, 0.5) is 5.69 Å². The summed E-state index contributed by atoms with van der Waals surface area (Å²) < 4.78 is 6.45. The van der Waals surface area contributed by atoms with Crippen LogP contribution in [0.25, 0.3) is 11.0 Å². The highest BCUT2D eigenvalue weighted by molar-refractivity contribution is 9.10. The van der Waals surface area contributed by atoms with Crippen molar-refractivity contribution >= 4 is 44.7 Å². The Balaban J connectivity index is 1.67. The second kappa shape index (κ2) is 6.88. The quantitative estimate of drug-likeness (QED) is 0.544. The summed E-state index contributed by atoms with van der Waals surface area (Å²) in [5.41, 5.74) is 5.13. The van der Waals surface area contributed by atoms with Crippen molar-refractivity contribution in [3.8, 4) is 0 Å². The van der Waals surface area contributed by atoms with Gasteiger partial charge in [-0.15, -0.1) is 0 Å². The number of carbonyl (C=O) groups excluding carboxylic acids is 1. The summed E-state index contributed by atoms with van der Waals surface area (Å²) in [6.07, 6.45) is 1.59. The fourth-order valence-electron chi connectivity index (χ4n) is 2.21. The predicted octanol–water partition coefficient (Wildman–Crippen LogP) is 4.03. The third-order valence-electron chi connectivity index (χ3n) is 3.49. The van der Waals surface area contributed by atoms with E-state index in [2.05, 4.69) is 26.5 Å². The Morgan fingerprint density at radius 3 is 2.62 bits per heavy atom. The average Bonchev–Trinajstić information content (AvgIpc) is 2.98. The van der Waals surface area contributed by atoms with Crippen LogP contribution in [0.1, 0.15) is 16.1 Å². The number of amides is 1. The van der Waals surface area contributed by atoms with E-state index in [1.165, 1.54) is 0 Å². The molecule has 1 N–H and O–H groups in total. The molecule has 0 aliphatic carbocycles. The Labute approximate surface area is 148 Å². The van der Waals surface area contributed by atoms with E-state index >= 15 is 0 Å². The standard InChI is InChI=1S/C18H16BrN3O2/c1-22(2)15-6-3-12(4-7-15)11-20-21-18(23)17-10-13-9-14(19)5-8-16(13)24-17/h3-11H,1-2H3,(H,21,23)/b20-11-. The van der Waals surface area contributed by atoms with Gasteiger partial charge >= 0.3 is 5.91 Å². The molecular weight excluding hydrogens is 370 g/mol. The van der Waals surface area contributed by atoms with Crippen molar-refractivity contribution in [2.45, 2.75) is 0 Å². The molecule has 3 aromatic rings. The Hall–Kier alpha value is -2.60. The molecule has 3 rings (SSSR count). The largest absolute Gasteiger partial charge is 0.451 e. The van der Waals surface area contributed by atoms with E-state index in [4.69, 9.17) is 4.42 Å². The second-order valence-electron chi connectivity index (χ2n) is 5.48. The predicted molar refractivity (Wildman–Crippen MR) is 99.7 cm³/mol. The van der Waals surface area contributed by atoms with Crippen LogP contribution >= 0.6 is 15.9 Å². The third-order valence-corrected chi connectivity index (χ3v) is 3.98. The van der Waals surface area contributed by atoms with Crippen molar-refractivity contribution in [3.05, 3.63) is 64.3 Å². The first kappa shape index (κ1) is 16.3. The van der Waals surface area contributed by atoms with Crippen LogP contribution in [0.15, 0.2) is 62.5 Å². The summed E-state index contributed by atoms with van der Waals surface area (Å²) in [6.45, 7) is 0. The molecule has 1 heterocycles. The minimum Gasteiger partial charge on any atom is -0.451 e. The molecule has 0 saturated heterocycles. The summed E-state index contributed by atoms with van der Waals surface area (Å²) in [4.78, 5) is 14.1. The van der Waals surface area contributed by atoms with E-state index in [-0.39, 0.29) is 11.7 Å². The van der Waals surface area contributed by atoms with Gasteiger partial charge in [0.1, 0.15) is 5.58 Å². The lowest BCUT2D eigenvalue weighted by Crippen LogP contribution is -2.16. The van der Waals surface area contributed by atoms with Gasteiger partial charge in [-0.2, -0.15) is 5.10 Å². The molecular formula is C18H16BrN3O2. The summed E-state index contributed by atoms with van der Waals surface area (Å²) in [7, 11) is 3.96. The number of fused-ring (bicyclic) bond motifs is 1. The van der Waals surface area contributed by atoms with Gasteiger partial charge in [0.2, 0.25) is 0 Å². The fourth-order valence-corrected chi connectivity index (χ4v) is 2.58. The molecule has 0 unspecified atom stereocenters. The highest BCUT2D eigenvalue weighted by Crippen LogP contribution is 2.23. The topological polar surface area (TPSA) is 57.8 Å². The lowest BCUT2D eigenvalue weighted by molar-refractivity contribution is 0.0929.